The third-order valence-corrected chi connectivity index (χ3v) is 5.30. The molecule has 0 aromatic heterocycles. The fourth-order valence-electron chi connectivity index (χ4n) is 3.45. The molecule has 3 aromatic rings. The summed E-state index contributed by atoms with van der Waals surface area (Å²) in [6, 6.07) is 22.0. The molecule has 0 radical (unpaired) electrons. The quantitative estimate of drug-likeness (QED) is 0.550. The van der Waals surface area contributed by atoms with E-state index in [1.807, 2.05) is 19.1 Å². The largest absolute Gasteiger partial charge is 0.444 e. The first kappa shape index (κ1) is 22.7. The normalized spacial score (nSPS) is 14.2. The fourth-order valence-corrected chi connectivity index (χ4v) is 3.45. The Morgan fingerprint density at radius 3 is 2.26 bits per heavy atom. The van der Waals surface area contributed by atoms with Gasteiger partial charge in [0.05, 0.1) is 11.3 Å². The lowest BCUT2D eigenvalue weighted by Crippen LogP contribution is -2.50. The summed E-state index contributed by atoms with van der Waals surface area (Å²) in [7, 11) is 0. The van der Waals surface area contributed by atoms with Crippen molar-refractivity contribution < 1.29 is 23.9 Å². The Bertz CT molecular complexity index is 1210. The molecule has 8 heteroatoms. The van der Waals surface area contributed by atoms with Crippen LogP contribution in [0.15, 0.2) is 78.9 Å². The van der Waals surface area contributed by atoms with Crippen LogP contribution in [0.3, 0.4) is 0 Å². The monoisotopic (exact) mass is 457 g/mol. The molecule has 0 spiro atoms. The second-order valence-electron chi connectivity index (χ2n) is 7.86. The average molecular weight is 457 g/mol. The number of carbonyl (C=O) groups is 4. The minimum atomic E-state index is -1.17. The third-order valence-electron chi connectivity index (χ3n) is 5.30. The van der Waals surface area contributed by atoms with E-state index >= 15 is 0 Å². The fraction of sp³-hybridized carbons (Fsp3) is 0.154. The molecule has 0 saturated carbocycles. The maximum atomic E-state index is 13.0. The summed E-state index contributed by atoms with van der Waals surface area (Å²) in [6.45, 7) is 1.94. The predicted molar refractivity (Wildman–Crippen MR) is 126 cm³/mol. The summed E-state index contributed by atoms with van der Waals surface area (Å²) >= 11 is 0. The van der Waals surface area contributed by atoms with E-state index in [0.29, 0.717) is 16.9 Å². The van der Waals surface area contributed by atoms with Crippen LogP contribution in [0.25, 0.3) is 0 Å². The zero-order valence-electron chi connectivity index (χ0n) is 18.5. The molecule has 1 fully saturated rings. The van der Waals surface area contributed by atoms with Crippen LogP contribution in [0.5, 0.6) is 0 Å². The highest BCUT2D eigenvalue weighted by Gasteiger charge is 2.27. The van der Waals surface area contributed by atoms with Crippen LogP contribution in [0, 0.1) is 6.92 Å². The Balaban J connectivity index is 1.51. The Labute approximate surface area is 196 Å². The summed E-state index contributed by atoms with van der Waals surface area (Å²) in [5.41, 5.74) is 5.29. The molecule has 1 aliphatic rings. The van der Waals surface area contributed by atoms with E-state index < -0.39 is 18.0 Å². The Kier molecular flexibility index (Phi) is 6.68. The standard InChI is InChI=1S/C26H23N3O5/c1-17-7-11-20(12-8-17)27-25(32)24(18-5-3-2-4-6-18)34-26(33)19-9-13-21(14-10-19)29-23(31)16-15-22(30)28-29/h2-14,24H,15-16H2,1H3,(H,27,32)(H,28,30). The first-order valence-corrected chi connectivity index (χ1v) is 10.8. The summed E-state index contributed by atoms with van der Waals surface area (Å²) < 4.78 is 5.60. The van der Waals surface area contributed by atoms with E-state index in [1.165, 1.54) is 24.3 Å². The lowest BCUT2D eigenvalue weighted by atomic mass is 10.1. The number of nitrogens with zero attached hydrogens (tertiary/aromatic N) is 1. The molecule has 1 atom stereocenters. The minimum absolute atomic E-state index is 0.116. The number of rotatable bonds is 6. The number of aryl methyl sites for hydroxylation is 1. The lowest BCUT2D eigenvalue weighted by molar-refractivity contribution is -0.130. The van der Waals surface area contributed by atoms with Crippen molar-refractivity contribution in [3.63, 3.8) is 0 Å². The first-order valence-electron chi connectivity index (χ1n) is 10.8. The number of benzene rings is 3. The number of ether oxygens (including phenoxy) is 1. The number of nitrogens with one attached hydrogen (secondary N) is 2. The van der Waals surface area contributed by atoms with Crippen LogP contribution in [-0.2, 0) is 19.1 Å². The van der Waals surface area contributed by atoms with Gasteiger partial charge in [-0.25, -0.2) is 9.80 Å². The van der Waals surface area contributed by atoms with Gasteiger partial charge >= 0.3 is 5.97 Å². The molecule has 2 N–H and O–H groups in total. The maximum Gasteiger partial charge on any atom is 0.339 e. The van der Waals surface area contributed by atoms with Crippen LogP contribution >= 0.6 is 0 Å². The van der Waals surface area contributed by atoms with Gasteiger partial charge in [-0.3, -0.25) is 19.8 Å². The molecule has 1 saturated heterocycles. The molecule has 1 heterocycles. The molecule has 3 aromatic carbocycles. The second kappa shape index (κ2) is 9.99. The van der Waals surface area contributed by atoms with Crippen LogP contribution in [0.2, 0.25) is 0 Å². The maximum absolute atomic E-state index is 13.0. The van der Waals surface area contributed by atoms with E-state index in [2.05, 4.69) is 10.7 Å². The van der Waals surface area contributed by atoms with Crippen LogP contribution < -0.4 is 15.8 Å². The van der Waals surface area contributed by atoms with Gasteiger partial charge in [-0.15, -0.1) is 0 Å². The summed E-state index contributed by atoms with van der Waals surface area (Å²) in [6.07, 6.45) is -0.909. The molecule has 172 valence electrons. The van der Waals surface area contributed by atoms with Crippen molar-refractivity contribution in [1.29, 1.82) is 0 Å². The van der Waals surface area contributed by atoms with Crippen LogP contribution in [0.4, 0.5) is 11.4 Å². The number of amides is 3. The van der Waals surface area contributed by atoms with Gasteiger partial charge in [-0.2, -0.15) is 0 Å². The average Bonchev–Trinajstić information content (AvgIpc) is 2.86. The van der Waals surface area contributed by atoms with Gasteiger partial charge in [0, 0.05) is 24.1 Å². The zero-order chi connectivity index (χ0) is 24.1. The van der Waals surface area contributed by atoms with Crippen molar-refractivity contribution >= 4 is 35.1 Å². The van der Waals surface area contributed by atoms with Gasteiger partial charge in [0.2, 0.25) is 17.9 Å². The lowest BCUT2D eigenvalue weighted by Gasteiger charge is -2.27. The first-order chi connectivity index (χ1) is 16.4. The van der Waals surface area contributed by atoms with Crippen LogP contribution in [0.1, 0.15) is 40.4 Å². The summed E-state index contributed by atoms with van der Waals surface area (Å²) in [5, 5.41) is 3.94. The van der Waals surface area contributed by atoms with E-state index in [4.69, 9.17) is 4.74 Å². The number of esters is 1. The number of hydrazine groups is 1. The number of hydrogen-bond donors (Lipinski definition) is 2. The number of anilines is 2. The van der Waals surface area contributed by atoms with Gasteiger partial charge in [0.15, 0.2) is 0 Å². The van der Waals surface area contributed by atoms with Gasteiger partial charge in [-0.1, -0.05) is 48.0 Å². The molecule has 3 amide bonds. The smallest absolute Gasteiger partial charge is 0.339 e. The SMILES string of the molecule is Cc1ccc(NC(=O)C(OC(=O)c2ccc(N3NC(=O)CCC3=O)cc2)c2ccccc2)cc1. The van der Waals surface area contributed by atoms with E-state index in [1.54, 1.807) is 42.5 Å². The summed E-state index contributed by atoms with van der Waals surface area (Å²) in [4.78, 5) is 49.6. The second-order valence-corrected chi connectivity index (χ2v) is 7.86. The van der Waals surface area contributed by atoms with Crippen LogP contribution in [-0.4, -0.2) is 23.7 Å². The van der Waals surface area contributed by atoms with Crippen molar-refractivity contribution in [2.45, 2.75) is 25.9 Å². The molecule has 34 heavy (non-hydrogen) atoms. The highest BCUT2D eigenvalue weighted by Crippen LogP contribution is 2.23. The van der Waals surface area contributed by atoms with Gasteiger partial charge in [0.1, 0.15) is 0 Å². The minimum Gasteiger partial charge on any atom is -0.444 e. The van der Waals surface area contributed by atoms with Crippen molar-refractivity contribution in [1.82, 2.24) is 5.43 Å². The van der Waals surface area contributed by atoms with Crippen molar-refractivity contribution in [3.05, 3.63) is 95.6 Å². The molecule has 4 rings (SSSR count). The van der Waals surface area contributed by atoms with Gasteiger partial charge in [-0.05, 0) is 43.3 Å². The number of hydrogen-bond acceptors (Lipinski definition) is 5. The van der Waals surface area contributed by atoms with E-state index in [9.17, 15) is 19.2 Å². The van der Waals surface area contributed by atoms with E-state index in [0.717, 1.165) is 10.6 Å². The molecule has 0 bridgehead atoms. The van der Waals surface area contributed by atoms with Gasteiger partial charge in [0.25, 0.3) is 5.91 Å². The Hall–Kier alpha value is -4.46. The number of carbonyl (C=O) groups excluding carboxylic acids is 4. The van der Waals surface area contributed by atoms with Gasteiger partial charge < -0.3 is 10.1 Å². The molecule has 0 aliphatic carbocycles. The molecule has 1 unspecified atom stereocenters. The molecular weight excluding hydrogens is 434 g/mol. The Morgan fingerprint density at radius 2 is 1.59 bits per heavy atom. The highest BCUT2D eigenvalue weighted by atomic mass is 16.5. The summed E-state index contributed by atoms with van der Waals surface area (Å²) in [5.74, 6) is -1.68. The van der Waals surface area contributed by atoms with Crippen molar-refractivity contribution in [2.24, 2.45) is 0 Å². The third kappa shape index (κ3) is 5.29. The topological polar surface area (TPSA) is 105 Å². The molecular formula is C26H23N3O5. The molecule has 8 nitrogen and oxygen atoms in total. The Morgan fingerprint density at radius 1 is 0.912 bits per heavy atom. The van der Waals surface area contributed by atoms with Crippen molar-refractivity contribution in [3.8, 4) is 0 Å². The van der Waals surface area contributed by atoms with E-state index in [-0.39, 0.29) is 30.2 Å². The predicted octanol–water partition coefficient (Wildman–Crippen LogP) is 3.69. The zero-order valence-corrected chi connectivity index (χ0v) is 18.5. The van der Waals surface area contributed by atoms with Crippen molar-refractivity contribution in [2.75, 3.05) is 10.3 Å². The highest BCUT2D eigenvalue weighted by molar-refractivity contribution is 6.02. The molecule has 1 aliphatic heterocycles.